The van der Waals surface area contributed by atoms with Crippen LogP contribution in [0.5, 0.6) is 0 Å². The van der Waals surface area contributed by atoms with Crippen molar-refractivity contribution in [1.29, 1.82) is 0 Å². The molecule has 2 aromatic rings. The Hall–Kier alpha value is -7.62. The maximum Gasteiger partial charge on any atom is 0.326 e. The van der Waals surface area contributed by atoms with Gasteiger partial charge < -0.3 is 56.8 Å². The van der Waals surface area contributed by atoms with E-state index >= 15 is 0 Å². The lowest BCUT2D eigenvalue weighted by molar-refractivity contribution is -0.145. The largest absolute Gasteiger partial charge is 0.481 e. The summed E-state index contributed by atoms with van der Waals surface area (Å²) in [4.78, 5) is 147. The minimum absolute atomic E-state index is 0.0107. The van der Waals surface area contributed by atoms with Crippen LogP contribution in [0, 0.1) is 6.92 Å². The van der Waals surface area contributed by atoms with Gasteiger partial charge in [-0.1, -0.05) is 18.2 Å². The summed E-state index contributed by atoms with van der Waals surface area (Å²) < 4.78 is 0. The van der Waals surface area contributed by atoms with Crippen molar-refractivity contribution in [3.05, 3.63) is 65.0 Å². The first-order valence-corrected chi connectivity index (χ1v) is 26.1. The van der Waals surface area contributed by atoms with Crippen LogP contribution in [-0.4, -0.2) is 229 Å². The minimum Gasteiger partial charge on any atom is -0.481 e. The number of hydrogen-bond acceptors (Lipinski definition) is 16. The maximum absolute atomic E-state index is 13.5. The number of aromatic nitrogens is 1. The molecule has 1 unspecified atom stereocenters. The molecule has 5 amide bonds. The number of ketones is 1. The Bertz CT molecular complexity index is 2340. The van der Waals surface area contributed by atoms with E-state index in [4.69, 9.17) is 5.11 Å². The fourth-order valence-corrected chi connectivity index (χ4v) is 8.58. The molecule has 0 saturated carbocycles. The molecule has 436 valence electrons. The predicted molar refractivity (Wildman–Crippen MR) is 282 cm³/mol. The molecule has 0 radical (unpaired) electrons. The van der Waals surface area contributed by atoms with Gasteiger partial charge in [-0.05, 0) is 88.1 Å². The van der Waals surface area contributed by atoms with Crippen LogP contribution in [0.4, 0.5) is 4.79 Å². The number of carboxylic acid groups (broad SMARTS) is 6. The monoisotopic (exact) mass is 1110 g/mol. The van der Waals surface area contributed by atoms with Gasteiger partial charge in [0.15, 0.2) is 5.78 Å². The smallest absolute Gasteiger partial charge is 0.326 e. The highest BCUT2D eigenvalue weighted by Crippen LogP contribution is 2.14. The van der Waals surface area contributed by atoms with Gasteiger partial charge in [-0.15, -0.1) is 0 Å². The van der Waals surface area contributed by atoms with Crippen molar-refractivity contribution in [3.8, 4) is 0 Å². The molecule has 27 nitrogen and oxygen atoms in total. The van der Waals surface area contributed by atoms with E-state index in [1.54, 1.807) is 55.0 Å². The third-order valence-electron chi connectivity index (χ3n) is 13.0. The maximum atomic E-state index is 13.5. The third kappa shape index (κ3) is 27.0. The lowest BCUT2D eigenvalue weighted by Crippen LogP contribution is -2.52. The van der Waals surface area contributed by atoms with Crippen molar-refractivity contribution < 1.29 is 83.4 Å². The number of amides is 5. The van der Waals surface area contributed by atoms with E-state index in [2.05, 4.69) is 26.3 Å². The first kappa shape index (κ1) is 65.7. The molecule has 1 aromatic heterocycles. The standard InChI is InChI=1S/C52H76N10O17/c1-35-9-10-38(30-54-35)31-62(20-6-4-7-41(50(75)76)57-52(79)56-40(36(2)63)15-18-45(66)67)44(65)8-3-5-19-53-49(74)39-13-11-37(12-14-39)29-55-43(64)17-16-42(51(77)78)61-27-25-59(33-47(70)71)23-21-58(32-46(68)69)22-24-60(26-28-61)34-48(72)73/h9-14,30,40-42H,3-8,15-29,31-34H2,1-2H3,(H,53,74)(H,55,64)(H,66,67)(H,68,69)(H,70,71)(H,72,73)(H,75,76)(H,77,78)(H2,56,57,79)/t40-,41-,42?/m1/s1. The average Bonchev–Trinajstić information content (AvgIpc) is 3.37. The van der Waals surface area contributed by atoms with Gasteiger partial charge in [0, 0.05) is 115 Å². The Labute approximate surface area is 457 Å². The molecule has 79 heavy (non-hydrogen) atoms. The Morgan fingerprint density at radius 1 is 0.582 bits per heavy atom. The number of carbonyl (C=O) groups excluding carboxylic acids is 5. The van der Waals surface area contributed by atoms with Crippen molar-refractivity contribution in [2.45, 2.75) is 109 Å². The second-order valence-corrected chi connectivity index (χ2v) is 19.3. The van der Waals surface area contributed by atoms with Crippen molar-refractivity contribution in [1.82, 2.24) is 50.8 Å². The molecule has 3 rings (SSSR count). The molecule has 1 aliphatic heterocycles. The predicted octanol–water partition coefficient (Wildman–Crippen LogP) is 0.389. The molecule has 2 heterocycles. The Balaban J connectivity index is 1.49. The second-order valence-electron chi connectivity index (χ2n) is 19.3. The van der Waals surface area contributed by atoms with Crippen LogP contribution in [0.15, 0.2) is 42.6 Å². The van der Waals surface area contributed by atoms with Crippen molar-refractivity contribution in [3.63, 3.8) is 0 Å². The summed E-state index contributed by atoms with van der Waals surface area (Å²) in [5.41, 5.74) is 2.58. The number of aryl methyl sites for hydroxylation is 1. The number of aliphatic carboxylic acids is 6. The molecule has 1 aromatic carbocycles. The summed E-state index contributed by atoms with van der Waals surface area (Å²) in [6.07, 6.45) is 2.60. The van der Waals surface area contributed by atoms with Crippen molar-refractivity contribution in [2.24, 2.45) is 0 Å². The van der Waals surface area contributed by atoms with Gasteiger partial charge in [-0.3, -0.25) is 67.7 Å². The summed E-state index contributed by atoms with van der Waals surface area (Å²) in [7, 11) is 0. The first-order chi connectivity index (χ1) is 37.5. The van der Waals surface area contributed by atoms with Gasteiger partial charge in [0.25, 0.3) is 5.91 Å². The topological polar surface area (TPSA) is 386 Å². The molecular formula is C52H76N10O17. The van der Waals surface area contributed by atoms with Crippen LogP contribution >= 0.6 is 0 Å². The zero-order valence-corrected chi connectivity index (χ0v) is 44.8. The van der Waals surface area contributed by atoms with Crippen LogP contribution in [-0.2, 0) is 56.2 Å². The summed E-state index contributed by atoms with van der Waals surface area (Å²) in [5.74, 6) is -8.50. The average molecular weight is 1110 g/mol. The van der Waals surface area contributed by atoms with E-state index in [0.717, 1.165) is 11.3 Å². The molecule has 1 aliphatic rings. The van der Waals surface area contributed by atoms with Gasteiger partial charge in [0.05, 0.1) is 25.7 Å². The molecule has 27 heteroatoms. The number of rotatable bonds is 33. The van der Waals surface area contributed by atoms with E-state index in [9.17, 15) is 78.3 Å². The molecule has 10 N–H and O–H groups in total. The zero-order valence-electron chi connectivity index (χ0n) is 44.8. The van der Waals surface area contributed by atoms with E-state index in [1.807, 2.05) is 19.1 Å². The van der Waals surface area contributed by atoms with Crippen molar-refractivity contribution in [2.75, 3.05) is 85.1 Å². The summed E-state index contributed by atoms with van der Waals surface area (Å²) in [6, 6.07) is 5.62. The molecule has 3 atom stereocenters. The molecule has 0 bridgehead atoms. The highest BCUT2D eigenvalue weighted by molar-refractivity contribution is 5.94. The highest BCUT2D eigenvalue weighted by Gasteiger charge is 2.29. The molecule has 0 spiro atoms. The SMILES string of the molecule is CC(=O)[C@@H](CCC(=O)O)NC(=O)N[C@H](CCCCN(Cc1ccc(C)nc1)C(=O)CCCCNC(=O)c1ccc(CNC(=O)CCC(C(=O)O)N2CCN(CC(=O)O)CCN(CC(=O)O)CCN(CC(=O)O)CC2)cc1)C(=O)O. The quantitative estimate of drug-likeness (QED) is 0.0432. The van der Waals surface area contributed by atoms with E-state index < -0.39 is 71.7 Å². The lowest BCUT2D eigenvalue weighted by atomic mass is 10.1. The van der Waals surface area contributed by atoms with Gasteiger partial charge >= 0.3 is 41.8 Å². The molecule has 1 saturated heterocycles. The Morgan fingerprint density at radius 2 is 1.14 bits per heavy atom. The number of nitrogens with one attached hydrogen (secondary N) is 4. The summed E-state index contributed by atoms with van der Waals surface area (Å²) in [5, 5.41) is 67.7. The van der Waals surface area contributed by atoms with Gasteiger partial charge in [-0.2, -0.15) is 0 Å². The first-order valence-electron chi connectivity index (χ1n) is 26.1. The fourth-order valence-electron chi connectivity index (χ4n) is 8.58. The number of nitrogens with zero attached hydrogens (tertiary/aromatic N) is 6. The number of pyridine rings is 1. The number of unbranched alkanes of at least 4 members (excludes halogenated alkanes) is 2. The molecular weight excluding hydrogens is 1040 g/mol. The number of Topliss-reactive ketones (excluding diaryl/α,β-unsaturated/α-hetero) is 1. The summed E-state index contributed by atoms with van der Waals surface area (Å²) >= 11 is 0. The Kier molecular flexibility index (Phi) is 29.1. The van der Waals surface area contributed by atoms with E-state index in [-0.39, 0.29) is 149 Å². The molecule has 1 fully saturated rings. The van der Waals surface area contributed by atoms with Crippen molar-refractivity contribution >= 4 is 65.4 Å². The summed E-state index contributed by atoms with van der Waals surface area (Å²) in [6.45, 7) is 3.79. The minimum atomic E-state index is -1.32. The van der Waals surface area contributed by atoms with Crippen LogP contribution in [0.25, 0.3) is 0 Å². The fraction of sp³-hybridized carbons (Fsp3) is 0.577. The lowest BCUT2D eigenvalue weighted by Gasteiger charge is -2.35. The zero-order chi connectivity index (χ0) is 58.4. The number of benzene rings is 1. The van der Waals surface area contributed by atoms with Crippen LogP contribution < -0.4 is 21.3 Å². The second kappa shape index (κ2) is 35.0. The molecule has 0 aliphatic carbocycles. The highest BCUT2D eigenvalue weighted by atomic mass is 16.4. The van der Waals surface area contributed by atoms with Gasteiger partial charge in [0.1, 0.15) is 12.1 Å². The van der Waals surface area contributed by atoms with Gasteiger partial charge in [-0.25, -0.2) is 9.59 Å². The Morgan fingerprint density at radius 3 is 1.65 bits per heavy atom. The van der Waals surface area contributed by atoms with Crippen LogP contribution in [0.1, 0.15) is 98.3 Å². The third-order valence-corrected chi connectivity index (χ3v) is 13.0. The van der Waals surface area contributed by atoms with Gasteiger partial charge in [0.2, 0.25) is 11.8 Å². The van der Waals surface area contributed by atoms with Crippen LogP contribution in [0.2, 0.25) is 0 Å². The van der Waals surface area contributed by atoms with E-state index in [0.29, 0.717) is 36.8 Å². The number of hydrogen-bond donors (Lipinski definition) is 10. The number of carboxylic acids is 6. The number of urea groups is 1. The number of carbonyl (C=O) groups is 11. The normalized spacial score (nSPS) is 15.2. The van der Waals surface area contributed by atoms with Crippen LogP contribution in [0.3, 0.4) is 0 Å². The van der Waals surface area contributed by atoms with E-state index in [1.165, 1.54) is 6.92 Å².